The third-order valence-electron chi connectivity index (χ3n) is 3.39. The van der Waals surface area contributed by atoms with E-state index in [1.54, 1.807) is 6.20 Å². The molecule has 23 heavy (non-hydrogen) atoms. The molecular formula is C15H21N5O3. The molecule has 8 heteroatoms. The quantitative estimate of drug-likeness (QED) is 0.707. The standard InChI is InChI=1S/C15H21N5O3/c1-11-8-12(2)20(18-11)6-3-5-16-15(23)13-9-17-19(10-13)7-4-14(21)22/h8-10H,3-7H2,1-2H3,(H,16,23)(H,21,22). The predicted octanol–water partition coefficient (Wildman–Crippen LogP) is 0.991. The van der Waals surface area contributed by atoms with Crippen LogP contribution >= 0.6 is 0 Å². The molecule has 2 aromatic heterocycles. The minimum absolute atomic E-state index is 0.0224. The van der Waals surface area contributed by atoms with E-state index >= 15 is 0 Å². The molecule has 2 N–H and O–H groups in total. The summed E-state index contributed by atoms with van der Waals surface area (Å²) in [7, 11) is 0. The van der Waals surface area contributed by atoms with E-state index < -0.39 is 5.97 Å². The van der Waals surface area contributed by atoms with E-state index in [1.165, 1.54) is 10.9 Å². The van der Waals surface area contributed by atoms with Gasteiger partial charge < -0.3 is 10.4 Å². The average Bonchev–Trinajstić information content (AvgIpc) is 3.08. The predicted molar refractivity (Wildman–Crippen MR) is 83.1 cm³/mol. The van der Waals surface area contributed by atoms with E-state index in [0.717, 1.165) is 24.4 Å². The van der Waals surface area contributed by atoms with Crippen LogP contribution in [0.3, 0.4) is 0 Å². The molecule has 0 fully saturated rings. The molecule has 0 aromatic carbocycles. The van der Waals surface area contributed by atoms with Gasteiger partial charge in [-0.05, 0) is 26.3 Å². The van der Waals surface area contributed by atoms with E-state index in [4.69, 9.17) is 5.11 Å². The van der Waals surface area contributed by atoms with Crippen LogP contribution in [0.4, 0.5) is 0 Å². The van der Waals surface area contributed by atoms with E-state index in [-0.39, 0.29) is 18.9 Å². The first-order chi connectivity index (χ1) is 11.0. The van der Waals surface area contributed by atoms with Crippen LogP contribution < -0.4 is 5.32 Å². The molecule has 0 aliphatic heterocycles. The molecule has 0 unspecified atom stereocenters. The van der Waals surface area contributed by atoms with Crippen LogP contribution in [0.5, 0.6) is 0 Å². The number of hydrogen-bond donors (Lipinski definition) is 2. The van der Waals surface area contributed by atoms with Gasteiger partial charge in [-0.25, -0.2) is 0 Å². The van der Waals surface area contributed by atoms with Crippen molar-refractivity contribution in [3.8, 4) is 0 Å². The lowest BCUT2D eigenvalue weighted by atomic mass is 10.3. The Balaban J connectivity index is 1.74. The van der Waals surface area contributed by atoms with Crippen molar-refractivity contribution < 1.29 is 14.7 Å². The van der Waals surface area contributed by atoms with Crippen molar-refractivity contribution >= 4 is 11.9 Å². The summed E-state index contributed by atoms with van der Waals surface area (Å²) >= 11 is 0. The third kappa shape index (κ3) is 4.94. The van der Waals surface area contributed by atoms with Gasteiger partial charge in [0.1, 0.15) is 0 Å². The molecule has 0 saturated heterocycles. The number of carboxylic acids is 1. The minimum Gasteiger partial charge on any atom is -0.481 e. The summed E-state index contributed by atoms with van der Waals surface area (Å²) in [5.74, 6) is -1.10. The van der Waals surface area contributed by atoms with Crippen molar-refractivity contribution in [3.05, 3.63) is 35.4 Å². The zero-order chi connectivity index (χ0) is 16.8. The first-order valence-corrected chi connectivity index (χ1v) is 7.49. The number of amides is 1. The molecule has 2 rings (SSSR count). The molecule has 0 saturated carbocycles. The van der Waals surface area contributed by atoms with E-state index in [9.17, 15) is 9.59 Å². The summed E-state index contributed by atoms with van der Waals surface area (Å²) < 4.78 is 3.38. The Hall–Kier alpha value is -2.64. The number of carbonyl (C=O) groups is 2. The van der Waals surface area contributed by atoms with Gasteiger partial charge in [-0.15, -0.1) is 0 Å². The zero-order valence-electron chi connectivity index (χ0n) is 13.3. The van der Waals surface area contributed by atoms with Crippen LogP contribution in [0, 0.1) is 13.8 Å². The lowest BCUT2D eigenvalue weighted by Crippen LogP contribution is -2.25. The summed E-state index contributed by atoms with van der Waals surface area (Å²) in [5.41, 5.74) is 2.52. The molecular weight excluding hydrogens is 298 g/mol. The highest BCUT2D eigenvalue weighted by Crippen LogP contribution is 2.03. The fourth-order valence-electron chi connectivity index (χ4n) is 2.25. The molecule has 0 bridgehead atoms. The first-order valence-electron chi connectivity index (χ1n) is 7.49. The number of aryl methyl sites for hydroxylation is 4. The maximum Gasteiger partial charge on any atom is 0.305 e. The van der Waals surface area contributed by atoms with E-state index in [0.29, 0.717) is 12.1 Å². The normalized spacial score (nSPS) is 10.7. The largest absolute Gasteiger partial charge is 0.481 e. The Kier molecular flexibility index (Phi) is 5.51. The lowest BCUT2D eigenvalue weighted by molar-refractivity contribution is -0.137. The van der Waals surface area contributed by atoms with Crippen molar-refractivity contribution in [1.29, 1.82) is 0 Å². The zero-order valence-corrected chi connectivity index (χ0v) is 13.3. The van der Waals surface area contributed by atoms with Crippen molar-refractivity contribution in [2.45, 2.75) is 39.8 Å². The molecule has 2 heterocycles. The summed E-state index contributed by atoms with van der Waals surface area (Å²) in [6.07, 6.45) is 3.75. The van der Waals surface area contributed by atoms with Gasteiger partial charge in [-0.3, -0.25) is 19.0 Å². The van der Waals surface area contributed by atoms with Gasteiger partial charge in [-0.2, -0.15) is 10.2 Å². The smallest absolute Gasteiger partial charge is 0.305 e. The second-order valence-corrected chi connectivity index (χ2v) is 5.40. The highest BCUT2D eigenvalue weighted by Gasteiger charge is 2.09. The topological polar surface area (TPSA) is 102 Å². The van der Waals surface area contributed by atoms with Gasteiger partial charge in [0.05, 0.1) is 30.4 Å². The Morgan fingerprint density at radius 3 is 2.74 bits per heavy atom. The van der Waals surface area contributed by atoms with Crippen LogP contribution in [-0.2, 0) is 17.9 Å². The molecule has 0 spiro atoms. The number of aromatic nitrogens is 4. The van der Waals surface area contributed by atoms with Gasteiger partial charge in [0.2, 0.25) is 0 Å². The number of nitrogens with one attached hydrogen (secondary N) is 1. The van der Waals surface area contributed by atoms with Crippen molar-refractivity contribution in [2.24, 2.45) is 0 Å². The maximum atomic E-state index is 12.0. The molecule has 1 amide bonds. The summed E-state index contributed by atoms with van der Waals surface area (Å²) in [6, 6.07) is 2.02. The third-order valence-corrected chi connectivity index (χ3v) is 3.39. The fraction of sp³-hybridized carbons (Fsp3) is 0.467. The molecule has 2 aromatic rings. The summed E-state index contributed by atoms with van der Waals surface area (Å²) in [5, 5.41) is 19.8. The van der Waals surface area contributed by atoms with Crippen LogP contribution in [0.25, 0.3) is 0 Å². The Bertz CT molecular complexity index is 689. The lowest BCUT2D eigenvalue weighted by Gasteiger charge is -2.05. The highest BCUT2D eigenvalue weighted by atomic mass is 16.4. The first kappa shape index (κ1) is 16.7. The van der Waals surface area contributed by atoms with E-state index in [1.807, 2.05) is 24.6 Å². The number of carboxylic acid groups (broad SMARTS) is 1. The number of rotatable bonds is 8. The number of carbonyl (C=O) groups excluding carboxylic acids is 1. The molecule has 124 valence electrons. The minimum atomic E-state index is -0.893. The summed E-state index contributed by atoms with van der Waals surface area (Å²) in [6.45, 7) is 5.49. The number of nitrogens with zero attached hydrogens (tertiary/aromatic N) is 4. The molecule has 8 nitrogen and oxygen atoms in total. The highest BCUT2D eigenvalue weighted by molar-refractivity contribution is 5.93. The number of aliphatic carboxylic acids is 1. The van der Waals surface area contributed by atoms with Gasteiger partial charge in [0.15, 0.2) is 0 Å². The van der Waals surface area contributed by atoms with Crippen molar-refractivity contribution in [2.75, 3.05) is 6.54 Å². The van der Waals surface area contributed by atoms with Gasteiger partial charge in [0, 0.05) is 25.0 Å². The molecule has 0 aliphatic rings. The van der Waals surface area contributed by atoms with Crippen molar-refractivity contribution in [1.82, 2.24) is 24.9 Å². The second kappa shape index (κ2) is 7.57. The van der Waals surface area contributed by atoms with Gasteiger partial charge >= 0.3 is 5.97 Å². The van der Waals surface area contributed by atoms with Crippen LogP contribution in [0.1, 0.15) is 34.6 Å². The molecule has 0 radical (unpaired) electrons. The van der Waals surface area contributed by atoms with Crippen LogP contribution in [-0.4, -0.2) is 43.1 Å². The van der Waals surface area contributed by atoms with Crippen molar-refractivity contribution in [3.63, 3.8) is 0 Å². The second-order valence-electron chi connectivity index (χ2n) is 5.40. The van der Waals surface area contributed by atoms with Gasteiger partial charge in [0.25, 0.3) is 5.91 Å². The Morgan fingerprint density at radius 1 is 1.30 bits per heavy atom. The van der Waals surface area contributed by atoms with E-state index in [2.05, 4.69) is 15.5 Å². The molecule has 0 atom stereocenters. The average molecular weight is 319 g/mol. The van der Waals surface area contributed by atoms with Gasteiger partial charge in [-0.1, -0.05) is 0 Å². The Morgan fingerprint density at radius 2 is 2.09 bits per heavy atom. The summed E-state index contributed by atoms with van der Waals surface area (Å²) in [4.78, 5) is 22.5. The molecule has 0 aliphatic carbocycles. The maximum absolute atomic E-state index is 12.0. The Labute approximate surface area is 134 Å². The SMILES string of the molecule is Cc1cc(C)n(CCCNC(=O)c2cnn(CCC(=O)O)c2)n1. The monoisotopic (exact) mass is 319 g/mol. The number of hydrogen-bond acceptors (Lipinski definition) is 4. The van der Waals surface area contributed by atoms with Crippen LogP contribution in [0.15, 0.2) is 18.5 Å². The van der Waals surface area contributed by atoms with Crippen LogP contribution in [0.2, 0.25) is 0 Å². The fourth-order valence-corrected chi connectivity index (χ4v) is 2.25.